The number of carbonyl (C=O) groups is 1. The fourth-order valence-electron chi connectivity index (χ4n) is 1.81. The third kappa shape index (κ3) is 5.01. The van der Waals surface area contributed by atoms with Crippen LogP contribution in [0.25, 0.3) is 0 Å². The van der Waals surface area contributed by atoms with E-state index in [2.05, 4.69) is 10.0 Å². The first-order valence-corrected chi connectivity index (χ1v) is 7.55. The van der Waals surface area contributed by atoms with Crippen molar-refractivity contribution in [2.45, 2.75) is 38.1 Å². The van der Waals surface area contributed by atoms with Gasteiger partial charge in [-0.2, -0.15) is 0 Å². The molecule has 0 aromatic rings. The number of nitrogens with one attached hydrogen (secondary N) is 2. The normalized spacial score (nSPS) is 18.5. The second kappa shape index (κ2) is 5.79. The smallest absolute Gasteiger partial charge is 0.221 e. The number of nitrogens with two attached hydrogens (primary N) is 1. The Hall–Kier alpha value is -0.660. The van der Waals surface area contributed by atoms with Crippen molar-refractivity contribution >= 4 is 15.9 Å². The molecule has 1 amide bonds. The van der Waals surface area contributed by atoms with E-state index in [1.807, 2.05) is 0 Å². The Labute approximate surface area is 102 Å². The second-order valence-electron chi connectivity index (χ2n) is 4.56. The van der Waals surface area contributed by atoms with E-state index in [4.69, 9.17) is 5.73 Å². The molecule has 0 radical (unpaired) electrons. The van der Waals surface area contributed by atoms with Crippen molar-refractivity contribution in [2.24, 2.45) is 5.73 Å². The van der Waals surface area contributed by atoms with Gasteiger partial charge in [0.2, 0.25) is 15.9 Å². The zero-order chi connectivity index (χ0) is 12.9. The average Bonchev–Trinajstić information content (AvgIpc) is 2.14. The monoisotopic (exact) mass is 263 g/mol. The van der Waals surface area contributed by atoms with Crippen molar-refractivity contribution in [1.29, 1.82) is 0 Å². The Balaban J connectivity index is 2.20. The zero-order valence-electron chi connectivity index (χ0n) is 10.2. The quantitative estimate of drug-likeness (QED) is 0.566. The van der Waals surface area contributed by atoms with Crippen molar-refractivity contribution in [3.05, 3.63) is 0 Å². The molecule has 0 unspecified atom stereocenters. The first-order chi connectivity index (χ1) is 7.87. The maximum atomic E-state index is 11.5. The molecule has 4 N–H and O–H groups in total. The van der Waals surface area contributed by atoms with E-state index in [0.29, 0.717) is 6.54 Å². The number of hydrogen-bond donors (Lipinski definition) is 3. The molecule has 0 saturated heterocycles. The van der Waals surface area contributed by atoms with Crippen molar-refractivity contribution in [1.82, 2.24) is 10.0 Å². The lowest BCUT2D eigenvalue weighted by molar-refractivity contribution is -0.122. The van der Waals surface area contributed by atoms with Gasteiger partial charge < -0.3 is 11.1 Å². The van der Waals surface area contributed by atoms with Crippen molar-refractivity contribution in [3.63, 3.8) is 0 Å². The van der Waals surface area contributed by atoms with Gasteiger partial charge in [0.25, 0.3) is 0 Å². The Morgan fingerprint density at radius 2 is 2.06 bits per heavy atom. The van der Waals surface area contributed by atoms with Crippen LogP contribution in [0.5, 0.6) is 0 Å². The van der Waals surface area contributed by atoms with Gasteiger partial charge in [-0.15, -0.1) is 0 Å². The lowest BCUT2D eigenvalue weighted by Gasteiger charge is -2.37. The average molecular weight is 263 g/mol. The van der Waals surface area contributed by atoms with Gasteiger partial charge in [-0.1, -0.05) is 6.92 Å². The summed E-state index contributed by atoms with van der Waals surface area (Å²) in [6, 6.07) is 0. The summed E-state index contributed by atoms with van der Waals surface area (Å²) in [5, 5.41) is 2.58. The molecule has 100 valence electrons. The van der Waals surface area contributed by atoms with Crippen LogP contribution in [0.2, 0.25) is 0 Å². The molecular weight excluding hydrogens is 242 g/mol. The summed E-state index contributed by atoms with van der Waals surface area (Å²) in [4.78, 5) is 11.5. The van der Waals surface area contributed by atoms with E-state index >= 15 is 0 Å². The summed E-state index contributed by atoms with van der Waals surface area (Å²) >= 11 is 0. The molecule has 6 nitrogen and oxygen atoms in total. The molecule has 0 atom stereocenters. The summed E-state index contributed by atoms with van der Waals surface area (Å²) in [5.41, 5.74) is 5.56. The Kier molecular flexibility index (Phi) is 4.91. The lowest BCUT2D eigenvalue weighted by atomic mass is 9.75. The van der Waals surface area contributed by atoms with Crippen LogP contribution >= 0.6 is 0 Å². The molecule has 0 heterocycles. The van der Waals surface area contributed by atoms with Gasteiger partial charge >= 0.3 is 0 Å². The molecule has 1 saturated carbocycles. The van der Waals surface area contributed by atoms with Gasteiger partial charge in [0.1, 0.15) is 0 Å². The summed E-state index contributed by atoms with van der Waals surface area (Å²) in [6.45, 7) is 2.21. The Bertz CT molecular complexity index is 363. The second-order valence-corrected chi connectivity index (χ2v) is 6.49. The molecule has 1 rings (SSSR count). The van der Waals surface area contributed by atoms with Crippen LogP contribution in [0, 0.1) is 0 Å². The van der Waals surface area contributed by atoms with E-state index in [1.54, 1.807) is 6.92 Å². The molecule has 0 aromatic heterocycles. The Morgan fingerprint density at radius 1 is 1.41 bits per heavy atom. The zero-order valence-corrected chi connectivity index (χ0v) is 11.0. The first-order valence-electron chi connectivity index (χ1n) is 5.90. The van der Waals surface area contributed by atoms with Gasteiger partial charge in [0.15, 0.2) is 0 Å². The molecular formula is C10H21N3O3S. The van der Waals surface area contributed by atoms with Crippen molar-refractivity contribution < 1.29 is 13.2 Å². The third-order valence-corrected chi connectivity index (χ3v) is 4.39. The predicted molar refractivity (Wildman–Crippen MR) is 65.9 cm³/mol. The van der Waals surface area contributed by atoms with E-state index in [1.165, 1.54) is 0 Å². The van der Waals surface area contributed by atoms with E-state index in [0.717, 1.165) is 19.3 Å². The largest absolute Gasteiger partial charge is 0.355 e. The molecule has 0 aliphatic heterocycles. The van der Waals surface area contributed by atoms with Gasteiger partial charge in [-0.25, -0.2) is 13.1 Å². The van der Waals surface area contributed by atoms with Crippen LogP contribution < -0.4 is 15.8 Å². The van der Waals surface area contributed by atoms with Gasteiger partial charge in [-0.3, -0.25) is 4.79 Å². The highest BCUT2D eigenvalue weighted by atomic mass is 32.2. The van der Waals surface area contributed by atoms with Crippen LogP contribution in [0.15, 0.2) is 0 Å². The number of amides is 1. The highest BCUT2D eigenvalue weighted by Crippen LogP contribution is 2.31. The minimum Gasteiger partial charge on any atom is -0.355 e. The number of carbonyl (C=O) groups excluding carboxylic acids is 1. The highest BCUT2D eigenvalue weighted by Gasteiger charge is 2.34. The third-order valence-electron chi connectivity index (χ3n) is 2.92. The molecule has 17 heavy (non-hydrogen) atoms. The Morgan fingerprint density at radius 3 is 2.53 bits per heavy atom. The van der Waals surface area contributed by atoms with Crippen LogP contribution in [0.3, 0.4) is 0 Å². The topological polar surface area (TPSA) is 101 Å². The highest BCUT2D eigenvalue weighted by molar-refractivity contribution is 7.89. The van der Waals surface area contributed by atoms with Crippen LogP contribution in [-0.4, -0.2) is 38.7 Å². The van der Waals surface area contributed by atoms with Gasteiger partial charge in [0.05, 0.1) is 5.75 Å². The van der Waals surface area contributed by atoms with Crippen molar-refractivity contribution in [2.75, 3.05) is 18.8 Å². The SMILES string of the molecule is CCNS(=O)(=O)CCNC(=O)CC1(N)CCC1. The molecule has 1 aliphatic carbocycles. The number of rotatable bonds is 7. The van der Waals surface area contributed by atoms with Crippen LogP contribution in [-0.2, 0) is 14.8 Å². The maximum absolute atomic E-state index is 11.5. The standard InChI is InChI=1S/C10H21N3O3S/c1-2-13-17(15,16)7-6-12-9(14)8-10(11)4-3-5-10/h13H,2-8,11H2,1H3,(H,12,14). The minimum absolute atomic E-state index is 0.0931. The van der Waals surface area contributed by atoms with Crippen molar-refractivity contribution in [3.8, 4) is 0 Å². The molecule has 1 fully saturated rings. The fraction of sp³-hybridized carbons (Fsp3) is 0.900. The fourth-order valence-corrected chi connectivity index (χ4v) is 2.76. The predicted octanol–water partition coefficient (Wildman–Crippen LogP) is -0.687. The number of sulfonamides is 1. The molecule has 0 aromatic carbocycles. The lowest BCUT2D eigenvalue weighted by Crippen LogP contribution is -2.50. The molecule has 0 bridgehead atoms. The van der Waals surface area contributed by atoms with E-state index in [-0.39, 0.29) is 30.2 Å². The van der Waals surface area contributed by atoms with E-state index in [9.17, 15) is 13.2 Å². The number of hydrogen-bond acceptors (Lipinski definition) is 4. The first kappa shape index (κ1) is 14.4. The van der Waals surface area contributed by atoms with Crippen LogP contribution in [0.4, 0.5) is 0 Å². The van der Waals surface area contributed by atoms with E-state index < -0.39 is 10.0 Å². The molecule has 1 aliphatic rings. The van der Waals surface area contributed by atoms with Gasteiger partial charge in [0, 0.05) is 25.0 Å². The summed E-state index contributed by atoms with van der Waals surface area (Å²) < 4.78 is 24.9. The van der Waals surface area contributed by atoms with Gasteiger partial charge in [-0.05, 0) is 19.3 Å². The maximum Gasteiger partial charge on any atom is 0.221 e. The summed E-state index contributed by atoms with van der Waals surface area (Å²) in [7, 11) is -3.26. The summed E-state index contributed by atoms with van der Waals surface area (Å²) in [6.07, 6.45) is 3.10. The molecule has 7 heteroatoms. The minimum atomic E-state index is -3.26. The summed E-state index contributed by atoms with van der Waals surface area (Å²) in [5.74, 6) is -0.261. The van der Waals surface area contributed by atoms with Crippen LogP contribution in [0.1, 0.15) is 32.6 Å². The molecule has 0 spiro atoms.